The Bertz CT molecular complexity index is 1220. The molecule has 0 N–H and O–H groups in total. The second-order valence-corrected chi connectivity index (χ2v) is 8.34. The highest BCUT2D eigenvalue weighted by atomic mass is 32.2. The average Bonchev–Trinajstić information content (AvgIpc) is 3.50. The van der Waals surface area contributed by atoms with E-state index in [-0.39, 0.29) is 5.56 Å². The van der Waals surface area contributed by atoms with Crippen molar-refractivity contribution in [2.45, 2.75) is 37.2 Å². The smallest absolute Gasteiger partial charge is 0.258 e. The van der Waals surface area contributed by atoms with Gasteiger partial charge in [-0.3, -0.25) is 13.8 Å². The molecule has 0 atom stereocenters. The van der Waals surface area contributed by atoms with Gasteiger partial charge in [0.25, 0.3) is 5.56 Å². The third-order valence-corrected chi connectivity index (χ3v) is 6.27. The van der Waals surface area contributed by atoms with Gasteiger partial charge in [0.1, 0.15) is 11.4 Å². The molecule has 0 aromatic carbocycles. The number of pyridine rings is 1. The van der Waals surface area contributed by atoms with E-state index in [0.717, 1.165) is 41.2 Å². The summed E-state index contributed by atoms with van der Waals surface area (Å²) in [7, 11) is 0. The summed E-state index contributed by atoms with van der Waals surface area (Å²) >= 11 is 1.54. The summed E-state index contributed by atoms with van der Waals surface area (Å²) in [5.41, 5.74) is 2.32. The lowest BCUT2D eigenvalue weighted by molar-refractivity contribution is 0.483. The number of nitrogens with zero attached hydrogens (tertiary/aromatic N) is 6. The predicted octanol–water partition coefficient (Wildman–Crippen LogP) is 3.13. The van der Waals surface area contributed by atoms with Gasteiger partial charge >= 0.3 is 0 Å². The first-order valence-corrected chi connectivity index (χ1v) is 11.0. The van der Waals surface area contributed by atoms with E-state index in [0.29, 0.717) is 17.9 Å². The molecule has 5 rings (SSSR count). The Hall–Kier alpha value is -3.07. The quantitative estimate of drug-likeness (QED) is 0.442. The van der Waals surface area contributed by atoms with Crippen LogP contribution in [-0.4, -0.2) is 37.2 Å². The highest BCUT2D eigenvalue weighted by Crippen LogP contribution is 2.27. The molecule has 0 aliphatic carbocycles. The van der Waals surface area contributed by atoms with Gasteiger partial charge in [-0.2, -0.15) is 0 Å². The zero-order valence-corrected chi connectivity index (χ0v) is 17.5. The van der Waals surface area contributed by atoms with Crippen molar-refractivity contribution >= 4 is 23.4 Å². The number of fused-ring (bicyclic) bond motifs is 1. The Balaban J connectivity index is 1.44. The van der Waals surface area contributed by atoms with Gasteiger partial charge < -0.3 is 9.32 Å². The number of furan rings is 1. The molecule has 1 aliphatic heterocycles. The summed E-state index contributed by atoms with van der Waals surface area (Å²) in [6, 6.07) is 9.25. The molecular formula is C21H22N6O2S. The summed E-state index contributed by atoms with van der Waals surface area (Å²) in [6.45, 7) is 4.51. The average molecular weight is 423 g/mol. The molecule has 0 unspecified atom stereocenters. The minimum Gasteiger partial charge on any atom is -0.467 e. The summed E-state index contributed by atoms with van der Waals surface area (Å²) in [5, 5.41) is 9.69. The summed E-state index contributed by atoms with van der Waals surface area (Å²) < 4.78 is 9.23. The van der Waals surface area contributed by atoms with E-state index in [1.807, 2.05) is 31.2 Å². The number of aromatic nitrogens is 5. The maximum Gasteiger partial charge on any atom is 0.258 e. The molecule has 30 heavy (non-hydrogen) atoms. The van der Waals surface area contributed by atoms with Crippen molar-refractivity contribution in [1.29, 1.82) is 0 Å². The molecule has 154 valence electrons. The highest BCUT2D eigenvalue weighted by molar-refractivity contribution is 7.98. The Morgan fingerprint density at radius 1 is 1.17 bits per heavy atom. The summed E-state index contributed by atoms with van der Waals surface area (Å²) in [5.74, 6) is 2.26. The molecule has 1 saturated heterocycles. The minimum absolute atomic E-state index is 0.0749. The van der Waals surface area contributed by atoms with Crippen LogP contribution < -0.4 is 10.5 Å². The minimum atomic E-state index is -0.0749. The normalized spacial score (nSPS) is 14.1. The lowest BCUT2D eigenvalue weighted by Crippen LogP contribution is -2.22. The van der Waals surface area contributed by atoms with Crippen LogP contribution in [0.15, 0.2) is 57.2 Å². The van der Waals surface area contributed by atoms with Crippen molar-refractivity contribution in [1.82, 2.24) is 24.1 Å². The van der Waals surface area contributed by atoms with Crippen LogP contribution in [-0.2, 0) is 12.3 Å². The maximum absolute atomic E-state index is 12.5. The summed E-state index contributed by atoms with van der Waals surface area (Å²) in [4.78, 5) is 19.4. The number of hydrogen-bond acceptors (Lipinski definition) is 7. The zero-order chi connectivity index (χ0) is 20.5. The first kappa shape index (κ1) is 18.9. The molecule has 0 amide bonds. The fraction of sp³-hybridized carbons (Fsp3) is 0.333. The van der Waals surface area contributed by atoms with E-state index in [1.165, 1.54) is 24.6 Å². The lowest BCUT2D eigenvalue weighted by Gasteiger charge is -2.17. The van der Waals surface area contributed by atoms with Crippen LogP contribution >= 0.6 is 11.8 Å². The first-order chi connectivity index (χ1) is 14.7. The largest absolute Gasteiger partial charge is 0.467 e. The first-order valence-electron chi connectivity index (χ1n) is 10.0. The molecule has 1 fully saturated rings. The third-order valence-electron chi connectivity index (χ3n) is 5.27. The molecule has 5 heterocycles. The number of hydrogen-bond donors (Lipinski definition) is 0. The second-order valence-electron chi connectivity index (χ2n) is 7.40. The van der Waals surface area contributed by atoms with E-state index >= 15 is 0 Å². The monoisotopic (exact) mass is 422 g/mol. The van der Waals surface area contributed by atoms with E-state index in [4.69, 9.17) is 9.40 Å². The Morgan fingerprint density at radius 2 is 2.03 bits per heavy atom. The lowest BCUT2D eigenvalue weighted by atomic mass is 10.3. The molecule has 4 aromatic rings. The number of rotatable bonds is 6. The van der Waals surface area contributed by atoms with Crippen LogP contribution in [0.4, 0.5) is 5.95 Å². The highest BCUT2D eigenvalue weighted by Gasteiger charge is 2.22. The van der Waals surface area contributed by atoms with Crippen LogP contribution in [0.2, 0.25) is 0 Å². The molecule has 0 bridgehead atoms. The molecule has 1 aliphatic rings. The van der Waals surface area contributed by atoms with Gasteiger partial charge in [-0.25, -0.2) is 4.98 Å². The predicted molar refractivity (Wildman–Crippen MR) is 115 cm³/mol. The van der Waals surface area contributed by atoms with Crippen LogP contribution in [0, 0.1) is 6.92 Å². The van der Waals surface area contributed by atoms with Crippen molar-refractivity contribution < 1.29 is 4.42 Å². The fourth-order valence-corrected chi connectivity index (χ4v) is 4.58. The fourth-order valence-electron chi connectivity index (χ4n) is 3.76. The molecule has 8 nitrogen and oxygen atoms in total. The van der Waals surface area contributed by atoms with E-state index in [9.17, 15) is 4.79 Å². The van der Waals surface area contributed by atoms with Crippen LogP contribution in [0.5, 0.6) is 0 Å². The number of anilines is 1. The van der Waals surface area contributed by atoms with Gasteiger partial charge in [0.05, 0.1) is 18.5 Å². The third kappa shape index (κ3) is 3.60. The van der Waals surface area contributed by atoms with Crippen LogP contribution in [0.3, 0.4) is 0 Å². The zero-order valence-electron chi connectivity index (χ0n) is 16.7. The molecule has 0 radical (unpaired) electrons. The van der Waals surface area contributed by atoms with Gasteiger partial charge in [0.2, 0.25) is 5.95 Å². The van der Waals surface area contributed by atoms with Crippen molar-refractivity contribution in [2.24, 2.45) is 0 Å². The van der Waals surface area contributed by atoms with Crippen molar-refractivity contribution in [2.75, 3.05) is 18.0 Å². The number of aryl methyl sites for hydroxylation is 1. The summed E-state index contributed by atoms with van der Waals surface area (Å²) in [6.07, 6.45) is 5.76. The van der Waals surface area contributed by atoms with Crippen LogP contribution in [0.25, 0.3) is 5.65 Å². The Labute approximate surface area is 177 Å². The van der Waals surface area contributed by atoms with Crippen molar-refractivity contribution in [3.63, 3.8) is 0 Å². The second kappa shape index (κ2) is 7.98. The van der Waals surface area contributed by atoms with E-state index in [1.54, 1.807) is 22.9 Å². The molecule has 9 heteroatoms. The van der Waals surface area contributed by atoms with Crippen molar-refractivity contribution in [3.8, 4) is 0 Å². The van der Waals surface area contributed by atoms with Gasteiger partial charge in [-0.1, -0.05) is 17.8 Å². The number of thioether (sulfide) groups is 1. The van der Waals surface area contributed by atoms with E-state index in [2.05, 4.69) is 19.7 Å². The van der Waals surface area contributed by atoms with Gasteiger partial charge in [-0.05, 0) is 43.5 Å². The Morgan fingerprint density at radius 3 is 2.83 bits per heavy atom. The van der Waals surface area contributed by atoms with Crippen molar-refractivity contribution in [3.05, 3.63) is 70.2 Å². The van der Waals surface area contributed by atoms with Gasteiger partial charge in [-0.15, -0.1) is 10.2 Å². The molecule has 0 spiro atoms. The molecule has 0 saturated carbocycles. The standard InChI is InChI=1S/C21H22N6O2S/c1-15-6-4-10-26-18(28)12-16(22-19(15)26)14-30-21-24-23-20(25-8-2-3-9-25)27(21)13-17-7-5-11-29-17/h4-7,10-12H,2-3,8-9,13-14H2,1H3. The maximum atomic E-state index is 12.5. The topological polar surface area (TPSA) is 81.5 Å². The molecular weight excluding hydrogens is 400 g/mol. The van der Waals surface area contributed by atoms with Gasteiger partial charge in [0, 0.05) is 31.1 Å². The van der Waals surface area contributed by atoms with Crippen LogP contribution in [0.1, 0.15) is 29.9 Å². The van der Waals surface area contributed by atoms with E-state index < -0.39 is 0 Å². The Kier molecular flexibility index (Phi) is 5.04. The molecule has 4 aromatic heterocycles. The van der Waals surface area contributed by atoms with Gasteiger partial charge in [0.15, 0.2) is 5.16 Å². The SMILES string of the molecule is Cc1cccn2c(=O)cc(CSc3nnc(N4CCCC4)n3Cc3ccco3)nc12.